The molecule has 0 saturated heterocycles. The first-order chi connectivity index (χ1) is 6.09. The first-order valence-corrected chi connectivity index (χ1v) is 3.87. The molecule has 0 bridgehead atoms. The Morgan fingerprint density at radius 3 is 2.77 bits per heavy atom. The maximum Gasteiger partial charge on any atom is 0.328 e. The molecule has 0 unspecified atom stereocenters. The maximum absolute atomic E-state index is 10.2. The van der Waals surface area contributed by atoms with Crippen LogP contribution in [0.1, 0.15) is 5.56 Å². The standard InChI is InChI=1S/C9H7ClO3/c10-7-2-3-8(11)6(5-7)1-4-9(12)13/h1-5,11H,(H,12,13)/b4-1+. The molecule has 4 heteroatoms. The summed E-state index contributed by atoms with van der Waals surface area (Å²) in [5, 5.41) is 18.0. The van der Waals surface area contributed by atoms with Gasteiger partial charge in [-0.15, -0.1) is 0 Å². The molecule has 0 aromatic heterocycles. The maximum atomic E-state index is 10.2. The molecule has 0 radical (unpaired) electrons. The molecular weight excluding hydrogens is 192 g/mol. The summed E-state index contributed by atoms with van der Waals surface area (Å²) in [4.78, 5) is 10.2. The van der Waals surface area contributed by atoms with Gasteiger partial charge in [-0.3, -0.25) is 0 Å². The number of halogens is 1. The Morgan fingerprint density at radius 2 is 2.15 bits per heavy atom. The van der Waals surface area contributed by atoms with Crippen LogP contribution in [0.2, 0.25) is 5.02 Å². The third-order valence-electron chi connectivity index (χ3n) is 1.40. The number of hydrogen-bond donors (Lipinski definition) is 2. The average Bonchev–Trinajstić information content (AvgIpc) is 2.06. The van der Waals surface area contributed by atoms with Gasteiger partial charge in [-0.05, 0) is 24.3 Å². The number of phenolic OH excluding ortho intramolecular Hbond substituents is 1. The molecule has 1 aromatic rings. The van der Waals surface area contributed by atoms with Crippen molar-refractivity contribution in [2.45, 2.75) is 0 Å². The van der Waals surface area contributed by atoms with Crippen LogP contribution >= 0.6 is 11.6 Å². The van der Waals surface area contributed by atoms with E-state index in [0.717, 1.165) is 6.08 Å². The minimum Gasteiger partial charge on any atom is -0.507 e. The van der Waals surface area contributed by atoms with Crippen LogP contribution in [0.4, 0.5) is 0 Å². The smallest absolute Gasteiger partial charge is 0.328 e. The zero-order valence-electron chi connectivity index (χ0n) is 6.57. The number of aliphatic carboxylic acids is 1. The lowest BCUT2D eigenvalue weighted by molar-refractivity contribution is -0.131. The average molecular weight is 199 g/mol. The van der Waals surface area contributed by atoms with Crippen molar-refractivity contribution in [2.24, 2.45) is 0 Å². The highest BCUT2D eigenvalue weighted by Crippen LogP contribution is 2.22. The molecular formula is C9H7ClO3. The van der Waals surface area contributed by atoms with Crippen LogP contribution in [0.25, 0.3) is 6.08 Å². The fourth-order valence-electron chi connectivity index (χ4n) is 0.820. The molecule has 0 heterocycles. The van der Waals surface area contributed by atoms with Crippen molar-refractivity contribution in [1.29, 1.82) is 0 Å². The van der Waals surface area contributed by atoms with Gasteiger partial charge < -0.3 is 10.2 Å². The van der Waals surface area contributed by atoms with Crippen LogP contribution in [-0.4, -0.2) is 16.2 Å². The van der Waals surface area contributed by atoms with Crippen LogP contribution in [0.3, 0.4) is 0 Å². The summed E-state index contributed by atoms with van der Waals surface area (Å²) in [6.07, 6.45) is 2.22. The van der Waals surface area contributed by atoms with Gasteiger partial charge in [0.25, 0.3) is 0 Å². The van der Waals surface area contributed by atoms with Gasteiger partial charge in [-0.2, -0.15) is 0 Å². The van der Waals surface area contributed by atoms with Crippen molar-refractivity contribution in [3.8, 4) is 5.75 Å². The Labute approximate surface area is 79.9 Å². The van der Waals surface area contributed by atoms with E-state index in [9.17, 15) is 9.90 Å². The Kier molecular flexibility index (Phi) is 2.93. The van der Waals surface area contributed by atoms with Crippen molar-refractivity contribution < 1.29 is 15.0 Å². The first kappa shape index (κ1) is 9.61. The number of aromatic hydroxyl groups is 1. The van der Waals surface area contributed by atoms with Gasteiger partial charge in [0, 0.05) is 16.7 Å². The number of carbonyl (C=O) groups is 1. The van der Waals surface area contributed by atoms with Crippen LogP contribution in [-0.2, 0) is 4.79 Å². The van der Waals surface area contributed by atoms with Crippen molar-refractivity contribution in [2.75, 3.05) is 0 Å². The highest BCUT2D eigenvalue weighted by molar-refractivity contribution is 6.30. The number of carboxylic acid groups (broad SMARTS) is 1. The molecule has 0 atom stereocenters. The third-order valence-corrected chi connectivity index (χ3v) is 1.63. The molecule has 0 aliphatic carbocycles. The largest absolute Gasteiger partial charge is 0.507 e. The Balaban J connectivity index is 3.00. The minimum atomic E-state index is -1.07. The Hall–Kier alpha value is -1.48. The second-order valence-corrected chi connectivity index (χ2v) is 2.81. The zero-order valence-corrected chi connectivity index (χ0v) is 7.32. The van der Waals surface area contributed by atoms with E-state index in [4.69, 9.17) is 16.7 Å². The summed E-state index contributed by atoms with van der Waals surface area (Å²) in [5.74, 6) is -1.07. The van der Waals surface area contributed by atoms with E-state index in [1.165, 1.54) is 24.3 Å². The fraction of sp³-hybridized carbons (Fsp3) is 0. The van der Waals surface area contributed by atoms with E-state index >= 15 is 0 Å². The highest BCUT2D eigenvalue weighted by atomic mass is 35.5. The lowest BCUT2D eigenvalue weighted by atomic mass is 10.2. The molecule has 0 amide bonds. The predicted octanol–water partition coefficient (Wildman–Crippen LogP) is 2.14. The molecule has 68 valence electrons. The second kappa shape index (κ2) is 3.96. The monoisotopic (exact) mass is 198 g/mol. The van der Waals surface area contributed by atoms with E-state index in [2.05, 4.69) is 0 Å². The van der Waals surface area contributed by atoms with E-state index in [0.29, 0.717) is 10.6 Å². The molecule has 0 fully saturated rings. The normalized spacial score (nSPS) is 10.5. The lowest BCUT2D eigenvalue weighted by Crippen LogP contribution is -1.85. The number of rotatable bonds is 2. The van der Waals surface area contributed by atoms with E-state index in [-0.39, 0.29) is 5.75 Å². The van der Waals surface area contributed by atoms with Gasteiger partial charge in [0.05, 0.1) is 0 Å². The van der Waals surface area contributed by atoms with Crippen molar-refractivity contribution in [1.82, 2.24) is 0 Å². The van der Waals surface area contributed by atoms with E-state index in [1.807, 2.05) is 0 Å². The number of hydrogen-bond acceptors (Lipinski definition) is 2. The Morgan fingerprint density at radius 1 is 1.46 bits per heavy atom. The summed E-state index contributed by atoms with van der Waals surface area (Å²) in [7, 11) is 0. The molecule has 2 N–H and O–H groups in total. The molecule has 0 saturated carbocycles. The molecule has 3 nitrogen and oxygen atoms in total. The van der Waals surface area contributed by atoms with Crippen LogP contribution in [0, 0.1) is 0 Å². The molecule has 1 rings (SSSR count). The topological polar surface area (TPSA) is 57.5 Å². The highest BCUT2D eigenvalue weighted by Gasteiger charge is 1.98. The SMILES string of the molecule is O=C(O)/C=C/c1cc(Cl)ccc1O. The van der Waals surface area contributed by atoms with Crippen molar-refractivity contribution in [3.63, 3.8) is 0 Å². The van der Waals surface area contributed by atoms with Crippen LogP contribution < -0.4 is 0 Å². The summed E-state index contributed by atoms with van der Waals surface area (Å²) >= 11 is 5.64. The fourth-order valence-corrected chi connectivity index (χ4v) is 1.00. The van der Waals surface area contributed by atoms with Crippen molar-refractivity contribution >= 4 is 23.6 Å². The van der Waals surface area contributed by atoms with Gasteiger partial charge >= 0.3 is 5.97 Å². The van der Waals surface area contributed by atoms with Gasteiger partial charge in [-0.1, -0.05) is 11.6 Å². The number of phenols is 1. The summed E-state index contributed by atoms with van der Waals surface area (Å²) in [5.41, 5.74) is 0.384. The van der Waals surface area contributed by atoms with E-state index in [1.54, 1.807) is 0 Å². The van der Waals surface area contributed by atoms with Gasteiger partial charge in [0.1, 0.15) is 5.75 Å². The van der Waals surface area contributed by atoms with Gasteiger partial charge in [0.15, 0.2) is 0 Å². The number of benzene rings is 1. The molecule has 0 aliphatic heterocycles. The summed E-state index contributed by atoms with van der Waals surface area (Å²) < 4.78 is 0. The Bertz CT molecular complexity index is 358. The molecule has 1 aromatic carbocycles. The third kappa shape index (κ3) is 2.80. The molecule has 0 spiro atoms. The summed E-state index contributed by atoms with van der Waals surface area (Å²) in [6.45, 7) is 0. The van der Waals surface area contributed by atoms with Crippen molar-refractivity contribution in [3.05, 3.63) is 34.9 Å². The van der Waals surface area contributed by atoms with Gasteiger partial charge in [-0.25, -0.2) is 4.79 Å². The number of carboxylic acids is 1. The minimum absolute atomic E-state index is 0.00176. The zero-order chi connectivity index (χ0) is 9.84. The van der Waals surface area contributed by atoms with Crippen LogP contribution in [0.5, 0.6) is 5.75 Å². The van der Waals surface area contributed by atoms with E-state index < -0.39 is 5.97 Å². The first-order valence-electron chi connectivity index (χ1n) is 3.49. The molecule has 13 heavy (non-hydrogen) atoms. The predicted molar refractivity (Wildman–Crippen MR) is 49.8 cm³/mol. The van der Waals surface area contributed by atoms with Crippen LogP contribution in [0.15, 0.2) is 24.3 Å². The lowest BCUT2D eigenvalue weighted by Gasteiger charge is -1.98. The van der Waals surface area contributed by atoms with Gasteiger partial charge in [0.2, 0.25) is 0 Å². The second-order valence-electron chi connectivity index (χ2n) is 2.37. The quantitative estimate of drug-likeness (QED) is 0.716. The summed E-state index contributed by atoms with van der Waals surface area (Å²) in [6, 6.07) is 4.41. The molecule has 0 aliphatic rings.